The van der Waals surface area contributed by atoms with E-state index in [0.717, 1.165) is 24.5 Å². The van der Waals surface area contributed by atoms with Gasteiger partial charge in [0, 0.05) is 32.0 Å². The molecule has 0 amide bonds. The van der Waals surface area contributed by atoms with Crippen LogP contribution >= 0.6 is 0 Å². The van der Waals surface area contributed by atoms with E-state index in [2.05, 4.69) is 20.3 Å². The molecule has 0 saturated carbocycles. The number of rotatable bonds is 4. The molecule has 1 unspecified atom stereocenters. The van der Waals surface area contributed by atoms with Gasteiger partial charge in [-0.3, -0.25) is 0 Å². The highest BCUT2D eigenvalue weighted by Crippen LogP contribution is 2.29. The van der Waals surface area contributed by atoms with Crippen LogP contribution in [0.4, 0.5) is 24.9 Å². The molecule has 0 bridgehead atoms. The fourth-order valence-electron chi connectivity index (χ4n) is 2.56. The first-order chi connectivity index (χ1) is 11.0. The third-order valence-corrected chi connectivity index (χ3v) is 3.74. The number of halogens is 3. The minimum Gasteiger partial charge on any atom is -0.370 e. The highest BCUT2D eigenvalue weighted by atomic mass is 19.4. The lowest BCUT2D eigenvalue weighted by Gasteiger charge is -2.17. The van der Waals surface area contributed by atoms with E-state index in [1.165, 1.54) is 0 Å². The Labute approximate surface area is 131 Å². The number of hydrogen-bond acceptors (Lipinski definition) is 5. The Hall–Kier alpha value is -2.38. The molecule has 23 heavy (non-hydrogen) atoms. The van der Waals surface area contributed by atoms with Crippen molar-refractivity contribution >= 4 is 11.8 Å². The van der Waals surface area contributed by atoms with E-state index < -0.39 is 11.9 Å². The van der Waals surface area contributed by atoms with Gasteiger partial charge in [-0.1, -0.05) is 6.07 Å². The summed E-state index contributed by atoms with van der Waals surface area (Å²) in [7, 11) is 0. The van der Waals surface area contributed by atoms with Gasteiger partial charge in [-0.25, -0.2) is 15.0 Å². The van der Waals surface area contributed by atoms with Gasteiger partial charge in [-0.2, -0.15) is 13.2 Å². The van der Waals surface area contributed by atoms with Crippen molar-refractivity contribution in [1.82, 2.24) is 15.0 Å². The Bertz CT molecular complexity index is 647. The molecule has 1 atom stereocenters. The Kier molecular flexibility index (Phi) is 4.31. The summed E-state index contributed by atoms with van der Waals surface area (Å²) in [6, 6.07) is 6.50. The van der Waals surface area contributed by atoms with Crippen LogP contribution in [-0.4, -0.2) is 34.6 Å². The maximum atomic E-state index is 12.7. The van der Waals surface area contributed by atoms with Gasteiger partial charge in [0.05, 0.1) is 0 Å². The Morgan fingerprint density at radius 1 is 1.17 bits per heavy atom. The van der Waals surface area contributed by atoms with Crippen LogP contribution in [0.25, 0.3) is 0 Å². The molecule has 1 aliphatic rings. The van der Waals surface area contributed by atoms with Crippen LogP contribution in [0.5, 0.6) is 0 Å². The number of nitrogens with one attached hydrogen (secondary N) is 1. The minimum absolute atomic E-state index is 0.139. The van der Waals surface area contributed by atoms with Crippen molar-refractivity contribution in [3.63, 3.8) is 0 Å². The molecule has 5 nitrogen and oxygen atoms in total. The number of pyridine rings is 1. The normalized spacial score (nSPS) is 18.2. The lowest BCUT2D eigenvalue weighted by molar-refractivity contribution is -0.141. The topological polar surface area (TPSA) is 53.9 Å². The first-order valence-electron chi connectivity index (χ1n) is 7.32. The SMILES string of the molecule is FC(F)(F)c1ccnc(N2CCC(CNc3ccccn3)C2)n1. The van der Waals surface area contributed by atoms with Gasteiger partial charge >= 0.3 is 6.18 Å². The molecule has 122 valence electrons. The van der Waals surface area contributed by atoms with Crippen molar-refractivity contribution in [2.45, 2.75) is 12.6 Å². The number of hydrogen-bond donors (Lipinski definition) is 1. The molecule has 0 aromatic carbocycles. The lowest BCUT2D eigenvalue weighted by atomic mass is 10.1. The van der Waals surface area contributed by atoms with E-state index in [1.807, 2.05) is 18.2 Å². The number of nitrogens with zero attached hydrogens (tertiary/aromatic N) is 4. The molecule has 1 fully saturated rings. The van der Waals surface area contributed by atoms with E-state index in [-0.39, 0.29) is 5.95 Å². The van der Waals surface area contributed by atoms with Crippen molar-refractivity contribution in [3.8, 4) is 0 Å². The quantitative estimate of drug-likeness (QED) is 0.938. The zero-order valence-corrected chi connectivity index (χ0v) is 12.3. The molecular weight excluding hydrogens is 307 g/mol. The van der Waals surface area contributed by atoms with Gasteiger partial charge in [0.1, 0.15) is 11.5 Å². The van der Waals surface area contributed by atoms with Gasteiger partial charge in [-0.15, -0.1) is 0 Å². The summed E-state index contributed by atoms with van der Waals surface area (Å²) in [5.41, 5.74) is -0.905. The van der Waals surface area contributed by atoms with Crippen LogP contribution in [0.3, 0.4) is 0 Å². The average Bonchev–Trinajstić information content (AvgIpc) is 3.02. The summed E-state index contributed by atoms with van der Waals surface area (Å²) in [6.45, 7) is 1.99. The van der Waals surface area contributed by atoms with E-state index in [4.69, 9.17) is 0 Å². The Balaban J connectivity index is 1.59. The number of anilines is 2. The molecule has 0 aliphatic carbocycles. The highest BCUT2D eigenvalue weighted by molar-refractivity contribution is 5.35. The summed E-state index contributed by atoms with van der Waals surface area (Å²) in [5, 5.41) is 3.24. The predicted octanol–water partition coefficient (Wildman–Crippen LogP) is 2.83. The molecule has 1 N–H and O–H groups in total. The highest BCUT2D eigenvalue weighted by Gasteiger charge is 2.34. The third kappa shape index (κ3) is 3.88. The molecule has 1 saturated heterocycles. The summed E-state index contributed by atoms with van der Waals surface area (Å²) in [6.07, 6.45) is -0.707. The van der Waals surface area contributed by atoms with Gasteiger partial charge in [0.15, 0.2) is 0 Å². The molecule has 1 aliphatic heterocycles. The monoisotopic (exact) mass is 323 g/mol. The standard InChI is InChI=1S/C15H16F3N5/c16-15(17,18)12-4-7-20-14(22-12)23-8-5-11(10-23)9-21-13-3-1-2-6-19-13/h1-4,6-7,11H,5,8-10H2,(H,19,21). The van der Waals surface area contributed by atoms with E-state index in [0.29, 0.717) is 25.6 Å². The minimum atomic E-state index is -4.45. The van der Waals surface area contributed by atoms with Crippen LogP contribution in [0.2, 0.25) is 0 Å². The third-order valence-electron chi connectivity index (χ3n) is 3.74. The molecule has 3 rings (SSSR count). The first-order valence-corrected chi connectivity index (χ1v) is 7.32. The molecule has 8 heteroatoms. The fourth-order valence-corrected chi connectivity index (χ4v) is 2.56. The van der Waals surface area contributed by atoms with Crippen LogP contribution in [0.1, 0.15) is 12.1 Å². The summed E-state index contributed by atoms with van der Waals surface area (Å²) < 4.78 is 38.1. The fraction of sp³-hybridized carbons (Fsp3) is 0.400. The molecule has 0 spiro atoms. The maximum Gasteiger partial charge on any atom is 0.433 e. The summed E-state index contributed by atoms with van der Waals surface area (Å²) >= 11 is 0. The van der Waals surface area contributed by atoms with Crippen molar-refractivity contribution < 1.29 is 13.2 Å². The molecule has 2 aromatic rings. The largest absolute Gasteiger partial charge is 0.433 e. The predicted molar refractivity (Wildman–Crippen MR) is 80.1 cm³/mol. The van der Waals surface area contributed by atoms with Gasteiger partial charge < -0.3 is 10.2 Å². The van der Waals surface area contributed by atoms with E-state index >= 15 is 0 Å². The molecular formula is C15H16F3N5. The van der Waals surface area contributed by atoms with Crippen molar-refractivity contribution in [3.05, 3.63) is 42.4 Å². The Morgan fingerprint density at radius 3 is 2.78 bits per heavy atom. The van der Waals surface area contributed by atoms with Crippen molar-refractivity contribution in [1.29, 1.82) is 0 Å². The van der Waals surface area contributed by atoms with Crippen molar-refractivity contribution in [2.75, 3.05) is 29.9 Å². The summed E-state index contributed by atoms with van der Waals surface area (Å²) in [4.78, 5) is 13.6. The second-order valence-corrected chi connectivity index (χ2v) is 5.44. The van der Waals surface area contributed by atoms with Gasteiger partial charge in [-0.05, 0) is 30.5 Å². The first kappa shape index (κ1) is 15.5. The van der Waals surface area contributed by atoms with Crippen LogP contribution in [0.15, 0.2) is 36.7 Å². The molecule has 3 heterocycles. The number of aromatic nitrogens is 3. The van der Waals surface area contributed by atoms with Crippen LogP contribution in [0, 0.1) is 5.92 Å². The number of alkyl halides is 3. The second-order valence-electron chi connectivity index (χ2n) is 5.44. The van der Waals surface area contributed by atoms with Crippen LogP contribution < -0.4 is 10.2 Å². The van der Waals surface area contributed by atoms with Gasteiger partial charge in [0.25, 0.3) is 0 Å². The second kappa shape index (κ2) is 6.39. The van der Waals surface area contributed by atoms with Crippen LogP contribution in [-0.2, 0) is 6.18 Å². The zero-order chi connectivity index (χ0) is 16.3. The average molecular weight is 323 g/mol. The molecule has 2 aromatic heterocycles. The lowest BCUT2D eigenvalue weighted by Crippen LogP contribution is -2.25. The van der Waals surface area contributed by atoms with E-state index in [1.54, 1.807) is 11.1 Å². The molecule has 0 radical (unpaired) electrons. The zero-order valence-electron chi connectivity index (χ0n) is 12.3. The smallest absolute Gasteiger partial charge is 0.370 e. The Morgan fingerprint density at radius 2 is 2.04 bits per heavy atom. The summed E-state index contributed by atoms with van der Waals surface area (Å²) in [5.74, 6) is 1.25. The van der Waals surface area contributed by atoms with Crippen molar-refractivity contribution in [2.24, 2.45) is 5.92 Å². The maximum absolute atomic E-state index is 12.7. The van der Waals surface area contributed by atoms with E-state index in [9.17, 15) is 13.2 Å². The van der Waals surface area contributed by atoms with Gasteiger partial charge in [0.2, 0.25) is 5.95 Å².